The number of nitrogens with zero attached hydrogens (tertiary/aromatic N) is 2. The zero-order valence-corrected chi connectivity index (χ0v) is 6.31. The van der Waals surface area contributed by atoms with Crippen molar-refractivity contribution in [2.45, 2.75) is 6.92 Å². The highest BCUT2D eigenvalue weighted by Crippen LogP contribution is 1.72. The van der Waals surface area contributed by atoms with Gasteiger partial charge in [0.25, 0.3) is 5.96 Å². The number of esters is 1. The fourth-order valence-corrected chi connectivity index (χ4v) is 0.335. The molecule has 8 heteroatoms. The van der Waals surface area contributed by atoms with Crippen LogP contribution in [-0.2, 0) is 9.53 Å². The van der Waals surface area contributed by atoms with Crippen molar-refractivity contribution in [3.63, 3.8) is 0 Å². The molecule has 12 heavy (non-hydrogen) atoms. The Bertz CT molecular complexity index is 213. The summed E-state index contributed by atoms with van der Waals surface area (Å²) in [5.41, 5.74) is 4.97. The predicted octanol–water partition coefficient (Wildman–Crippen LogP) is -1.40. The standard InChI is InChI=1S/C4H8N4O4/c1-3(9)12-2-6-4(5)7-8(10)11/h2H2,1H3,(H3,5,6,7). The molecule has 0 aromatic heterocycles. The van der Waals surface area contributed by atoms with Crippen LogP contribution in [0, 0.1) is 10.1 Å². The summed E-state index contributed by atoms with van der Waals surface area (Å²) in [7, 11) is 0. The lowest BCUT2D eigenvalue weighted by Crippen LogP contribution is -2.34. The van der Waals surface area contributed by atoms with E-state index in [1.165, 1.54) is 6.92 Å². The van der Waals surface area contributed by atoms with Crippen LogP contribution < -0.4 is 11.1 Å². The lowest BCUT2D eigenvalue weighted by molar-refractivity contribution is -0.485. The molecule has 0 saturated carbocycles. The van der Waals surface area contributed by atoms with Gasteiger partial charge in [0.15, 0.2) is 11.8 Å². The van der Waals surface area contributed by atoms with Crippen LogP contribution in [0.5, 0.6) is 0 Å². The number of carbonyl (C=O) groups excluding carboxylic acids is 1. The quantitative estimate of drug-likeness (QED) is 0.136. The van der Waals surface area contributed by atoms with Gasteiger partial charge in [0.05, 0.1) is 0 Å². The van der Waals surface area contributed by atoms with Gasteiger partial charge in [-0.25, -0.2) is 10.1 Å². The molecule has 0 saturated heterocycles. The van der Waals surface area contributed by atoms with Crippen LogP contribution in [0.3, 0.4) is 0 Å². The third-order valence-corrected chi connectivity index (χ3v) is 0.718. The van der Waals surface area contributed by atoms with Gasteiger partial charge in [0.1, 0.15) is 5.10 Å². The third kappa shape index (κ3) is 6.26. The van der Waals surface area contributed by atoms with Gasteiger partial charge in [0.2, 0.25) is 0 Å². The van der Waals surface area contributed by atoms with Gasteiger partial charge in [-0.15, -0.1) is 0 Å². The molecule has 0 aliphatic heterocycles. The number of hydrazone groups is 1. The number of ether oxygens (including phenoxy) is 1. The minimum Gasteiger partial charge on any atom is -0.445 e. The van der Waals surface area contributed by atoms with Gasteiger partial charge in [-0.3, -0.25) is 4.79 Å². The summed E-state index contributed by atoms with van der Waals surface area (Å²) in [4.78, 5) is 19.9. The molecule has 0 atom stereocenters. The maximum Gasteiger partial charge on any atom is 0.304 e. The van der Waals surface area contributed by atoms with Crippen molar-refractivity contribution in [1.29, 1.82) is 0 Å². The average molecular weight is 176 g/mol. The number of hydrogen-bond donors (Lipinski definition) is 2. The second-order valence-electron chi connectivity index (χ2n) is 1.68. The first-order chi connectivity index (χ1) is 5.52. The Morgan fingerprint density at radius 3 is 2.83 bits per heavy atom. The zero-order chi connectivity index (χ0) is 9.56. The number of hydrogen-bond acceptors (Lipinski definition) is 4. The first kappa shape index (κ1) is 10.1. The average Bonchev–Trinajstić information content (AvgIpc) is 1.84. The second-order valence-corrected chi connectivity index (χ2v) is 1.68. The number of guanidine groups is 1. The molecule has 0 radical (unpaired) electrons. The molecule has 0 aliphatic rings. The first-order valence-electron chi connectivity index (χ1n) is 2.88. The summed E-state index contributed by atoms with van der Waals surface area (Å²) in [6.07, 6.45) is 0. The SMILES string of the molecule is CC(=O)OCNC(N)=N[N+](=O)[O-]. The molecule has 0 rings (SSSR count). The van der Waals surface area contributed by atoms with Gasteiger partial charge in [-0.05, 0) is 0 Å². The van der Waals surface area contributed by atoms with E-state index in [-0.39, 0.29) is 6.73 Å². The van der Waals surface area contributed by atoms with Gasteiger partial charge in [0, 0.05) is 6.92 Å². The maximum atomic E-state index is 10.2. The Morgan fingerprint density at radius 1 is 1.83 bits per heavy atom. The van der Waals surface area contributed by atoms with Crippen LogP contribution in [0.4, 0.5) is 0 Å². The lowest BCUT2D eigenvalue weighted by atomic mass is 10.8. The van der Waals surface area contributed by atoms with Crippen LogP contribution in [0.15, 0.2) is 5.10 Å². The molecule has 68 valence electrons. The highest BCUT2D eigenvalue weighted by Gasteiger charge is 1.98. The monoisotopic (exact) mass is 176 g/mol. The highest BCUT2D eigenvalue weighted by molar-refractivity contribution is 5.77. The topological polar surface area (TPSA) is 120 Å². The van der Waals surface area contributed by atoms with E-state index in [1.807, 2.05) is 0 Å². The molecule has 0 heterocycles. The van der Waals surface area contributed by atoms with E-state index in [2.05, 4.69) is 15.2 Å². The summed E-state index contributed by atoms with van der Waals surface area (Å²) in [6.45, 7) is 0.959. The molecule has 0 amide bonds. The minimum atomic E-state index is -0.962. The van der Waals surface area contributed by atoms with Gasteiger partial charge in [-0.1, -0.05) is 0 Å². The Balaban J connectivity index is 3.64. The van der Waals surface area contributed by atoms with Crippen LogP contribution >= 0.6 is 0 Å². The van der Waals surface area contributed by atoms with E-state index < -0.39 is 17.0 Å². The minimum absolute atomic E-state index is 0.238. The predicted molar refractivity (Wildman–Crippen MR) is 38.4 cm³/mol. The van der Waals surface area contributed by atoms with Crippen molar-refractivity contribution in [3.05, 3.63) is 10.1 Å². The molecule has 0 unspecified atom stereocenters. The fraction of sp³-hybridized carbons (Fsp3) is 0.500. The van der Waals surface area contributed by atoms with E-state index in [0.29, 0.717) is 0 Å². The molecular weight excluding hydrogens is 168 g/mol. The molecule has 0 spiro atoms. The molecule has 0 aromatic carbocycles. The molecule has 8 nitrogen and oxygen atoms in total. The lowest BCUT2D eigenvalue weighted by Gasteiger charge is -2.01. The van der Waals surface area contributed by atoms with E-state index in [4.69, 9.17) is 5.73 Å². The normalized spacial score (nSPS) is 10.6. The number of nitro groups is 1. The van der Waals surface area contributed by atoms with Crippen molar-refractivity contribution in [2.24, 2.45) is 10.8 Å². The molecule has 0 fully saturated rings. The number of nitrogens with two attached hydrogens (primary N) is 1. The summed E-state index contributed by atoms with van der Waals surface area (Å²) < 4.78 is 4.36. The van der Waals surface area contributed by atoms with E-state index in [9.17, 15) is 14.9 Å². The van der Waals surface area contributed by atoms with Crippen molar-refractivity contribution in [3.8, 4) is 0 Å². The summed E-state index contributed by atoms with van der Waals surface area (Å²) in [6, 6.07) is 0. The number of nitrogens with one attached hydrogen (secondary N) is 1. The van der Waals surface area contributed by atoms with Gasteiger partial charge < -0.3 is 15.8 Å². The van der Waals surface area contributed by atoms with Gasteiger partial charge >= 0.3 is 5.97 Å². The largest absolute Gasteiger partial charge is 0.445 e. The Kier molecular flexibility index (Phi) is 4.12. The van der Waals surface area contributed by atoms with E-state index >= 15 is 0 Å². The number of rotatable bonds is 3. The molecule has 0 aromatic rings. The summed E-state index contributed by atoms with van der Waals surface area (Å²) in [5.74, 6) is -0.933. The van der Waals surface area contributed by atoms with Crippen molar-refractivity contribution < 1.29 is 14.6 Å². The van der Waals surface area contributed by atoms with Gasteiger partial charge in [-0.2, -0.15) is 0 Å². The smallest absolute Gasteiger partial charge is 0.304 e. The fourth-order valence-electron chi connectivity index (χ4n) is 0.335. The van der Waals surface area contributed by atoms with Crippen molar-refractivity contribution in [1.82, 2.24) is 5.32 Å². The number of carbonyl (C=O) groups is 1. The van der Waals surface area contributed by atoms with E-state index in [0.717, 1.165) is 0 Å². The first-order valence-corrected chi connectivity index (χ1v) is 2.88. The van der Waals surface area contributed by atoms with Crippen LogP contribution in [0.25, 0.3) is 0 Å². The van der Waals surface area contributed by atoms with E-state index in [1.54, 1.807) is 0 Å². The molecule has 3 N–H and O–H groups in total. The third-order valence-electron chi connectivity index (χ3n) is 0.718. The Hall–Kier alpha value is -1.86. The van der Waals surface area contributed by atoms with Crippen molar-refractivity contribution in [2.75, 3.05) is 6.73 Å². The zero-order valence-electron chi connectivity index (χ0n) is 6.31. The van der Waals surface area contributed by atoms with Crippen LogP contribution in [0.2, 0.25) is 0 Å². The van der Waals surface area contributed by atoms with Crippen LogP contribution in [-0.4, -0.2) is 23.7 Å². The van der Waals surface area contributed by atoms with Crippen molar-refractivity contribution >= 4 is 11.9 Å². The van der Waals surface area contributed by atoms with Crippen LogP contribution in [0.1, 0.15) is 6.92 Å². The summed E-state index contributed by atoms with van der Waals surface area (Å²) in [5, 5.41) is 13.6. The maximum absolute atomic E-state index is 10.2. The summed E-state index contributed by atoms with van der Waals surface area (Å²) >= 11 is 0. The molecule has 0 bridgehead atoms. The molecule has 0 aliphatic carbocycles. The Morgan fingerprint density at radius 2 is 2.42 bits per heavy atom. The second kappa shape index (κ2) is 4.88. The molecular formula is C4H8N4O4. The highest BCUT2D eigenvalue weighted by atomic mass is 16.7. The Labute approximate surface area is 67.5 Å².